The third kappa shape index (κ3) is 5.31. The second-order valence-electron chi connectivity index (χ2n) is 5.77. The Morgan fingerprint density at radius 1 is 1.35 bits per heavy atom. The zero-order valence-corrected chi connectivity index (χ0v) is 12.6. The molecule has 0 unspecified atom stereocenters. The molecule has 0 aliphatic carbocycles. The van der Waals surface area contributed by atoms with Crippen LogP contribution in [0, 0.1) is 0 Å². The van der Waals surface area contributed by atoms with E-state index in [-0.39, 0.29) is 5.04 Å². The van der Waals surface area contributed by atoms with Gasteiger partial charge in [0.15, 0.2) is 8.32 Å². The molecule has 0 radical (unpaired) electrons. The van der Waals surface area contributed by atoms with Gasteiger partial charge in [0.2, 0.25) is 0 Å². The second kappa shape index (κ2) is 6.66. The van der Waals surface area contributed by atoms with Crippen molar-refractivity contribution in [1.82, 2.24) is 0 Å². The Labute approximate surface area is 105 Å². The Morgan fingerprint density at radius 3 is 2.24 bits per heavy atom. The van der Waals surface area contributed by atoms with Crippen LogP contribution in [0.2, 0.25) is 18.1 Å². The molecule has 0 bridgehead atoms. The quantitative estimate of drug-likeness (QED) is 0.320. The molecule has 0 aliphatic rings. The fraction of sp³-hybridized carbons (Fsp3) is 0.833. The summed E-state index contributed by atoms with van der Waals surface area (Å²) in [5.74, 6) is 0. The predicted molar refractivity (Wildman–Crippen MR) is 71.5 cm³/mol. The van der Waals surface area contributed by atoms with Crippen molar-refractivity contribution in [3.63, 3.8) is 0 Å². The van der Waals surface area contributed by atoms with Crippen LogP contribution in [0.1, 0.15) is 27.2 Å². The molecule has 0 saturated carbocycles. The Hall–Kier alpha value is -0.203. The Kier molecular flexibility index (Phi) is 6.58. The predicted octanol–water partition coefficient (Wildman–Crippen LogP) is 2.80. The second-order valence-corrected chi connectivity index (χ2v) is 10.6. The van der Waals surface area contributed by atoms with Crippen molar-refractivity contribution in [1.29, 1.82) is 0 Å². The molecule has 0 amide bonds. The molecule has 2 N–H and O–H groups in total. The molecule has 102 valence electrons. The molecule has 17 heavy (non-hydrogen) atoms. The van der Waals surface area contributed by atoms with Gasteiger partial charge in [-0.25, -0.2) is 4.89 Å². The maximum atomic E-state index is 9.69. The summed E-state index contributed by atoms with van der Waals surface area (Å²) in [6, 6.07) is 0. The lowest BCUT2D eigenvalue weighted by Gasteiger charge is -2.36. The summed E-state index contributed by atoms with van der Waals surface area (Å²) in [5, 5.41) is 18.4. The summed E-state index contributed by atoms with van der Waals surface area (Å²) >= 11 is 0. The van der Waals surface area contributed by atoms with Gasteiger partial charge in [0.25, 0.3) is 0 Å². The van der Waals surface area contributed by atoms with Gasteiger partial charge in [0.1, 0.15) is 6.10 Å². The SMILES string of the molecule is C=C[C@H](OO)[C@@H](O)CCO[Si](C)(C)C(C)(C)C. The molecule has 4 nitrogen and oxygen atoms in total. The summed E-state index contributed by atoms with van der Waals surface area (Å²) in [7, 11) is -1.77. The van der Waals surface area contributed by atoms with Crippen molar-refractivity contribution in [3.8, 4) is 0 Å². The van der Waals surface area contributed by atoms with Crippen molar-refractivity contribution < 1.29 is 19.7 Å². The maximum absolute atomic E-state index is 9.69. The highest BCUT2D eigenvalue weighted by molar-refractivity contribution is 6.74. The van der Waals surface area contributed by atoms with Crippen molar-refractivity contribution >= 4 is 8.32 Å². The van der Waals surface area contributed by atoms with Gasteiger partial charge < -0.3 is 9.53 Å². The third-order valence-electron chi connectivity index (χ3n) is 3.42. The highest BCUT2D eigenvalue weighted by Gasteiger charge is 2.37. The summed E-state index contributed by atoms with van der Waals surface area (Å²) in [6.07, 6.45) is 0.251. The zero-order valence-electron chi connectivity index (χ0n) is 11.6. The molecule has 0 saturated heterocycles. The van der Waals surface area contributed by atoms with Crippen molar-refractivity contribution in [2.24, 2.45) is 0 Å². The molecule has 0 heterocycles. The van der Waals surface area contributed by atoms with Crippen LogP contribution in [-0.2, 0) is 9.31 Å². The molecule has 0 fully saturated rings. The van der Waals surface area contributed by atoms with Crippen LogP contribution in [0.4, 0.5) is 0 Å². The minimum atomic E-state index is -1.77. The van der Waals surface area contributed by atoms with E-state index in [0.29, 0.717) is 13.0 Å². The Balaban J connectivity index is 4.11. The molecule has 0 aromatic rings. The number of aliphatic hydroxyl groups is 1. The lowest BCUT2D eigenvalue weighted by Crippen LogP contribution is -2.41. The van der Waals surface area contributed by atoms with Gasteiger partial charge in [0.05, 0.1) is 6.10 Å². The molecule has 2 atom stereocenters. The first-order chi connectivity index (χ1) is 7.65. The standard InChI is InChI=1S/C12H26O4Si/c1-7-11(16-14)10(13)8-9-15-17(5,6)12(2,3)4/h7,10-11,13-14H,1,8-9H2,2-6H3/t10-,11-/m0/s1. The van der Waals surface area contributed by atoms with Gasteiger partial charge in [-0.05, 0) is 24.6 Å². The summed E-state index contributed by atoms with van der Waals surface area (Å²) in [4.78, 5) is 4.10. The summed E-state index contributed by atoms with van der Waals surface area (Å²) < 4.78 is 5.91. The molecular weight excluding hydrogens is 236 g/mol. The highest BCUT2D eigenvalue weighted by atomic mass is 28.4. The average molecular weight is 262 g/mol. The van der Waals surface area contributed by atoms with Crippen LogP contribution in [0.3, 0.4) is 0 Å². The molecule has 0 aromatic carbocycles. The van der Waals surface area contributed by atoms with Gasteiger partial charge in [-0.1, -0.05) is 26.8 Å². The fourth-order valence-corrected chi connectivity index (χ4v) is 2.15. The van der Waals surface area contributed by atoms with Crippen LogP contribution < -0.4 is 0 Å². The van der Waals surface area contributed by atoms with Gasteiger partial charge in [-0.15, -0.1) is 6.58 Å². The average Bonchev–Trinajstić information content (AvgIpc) is 2.17. The number of aliphatic hydroxyl groups excluding tert-OH is 1. The van der Waals surface area contributed by atoms with Crippen molar-refractivity contribution in [2.45, 2.75) is 57.5 Å². The largest absolute Gasteiger partial charge is 0.417 e. The lowest BCUT2D eigenvalue weighted by atomic mass is 10.1. The maximum Gasteiger partial charge on any atom is 0.191 e. The van der Waals surface area contributed by atoms with E-state index >= 15 is 0 Å². The summed E-state index contributed by atoms with van der Waals surface area (Å²) in [6.45, 7) is 14.8. The molecule has 5 heteroatoms. The van der Waals surface area contributed by atoms with E-state index in [2.05, 4.69) is 45.3 Å². The van der Waals surface area contributed by atoms with Gasteiger partial charge in [0, 0.05) is 6.61 Å². The normalized spacial score (nSPS) is 16.6. The van der Waals surface area contributed by atoms with E-state index in [1.807, 2.05) is 0 Å². The molecule has 0 aliphatic heterocycles. The third-order valence-corrected chi connectivity index (χ3v) is 7.95. The van der Waals surface area contributed by atoms with E-state index in [9.17, 15) is 5.11 Å². The Bertz CT molecular complexity index is 235. The van der Waals surface area contributed by atoms with Crippen molar-refractivity contribution in [2.75, 3.05) is 6.61 Å². The van der Waals surface area contributed by atoms with E-state index in [4.69, 9.17) is 9.68 Å². The number of rotatable bonds is 7. The topological polar surface area (TPSA) is 58.9 Å². The lowest BCUT2D eigenvalue weighted by molar-refractivity contribution is -0.283. The van der Waals surface area contributed by atoms with Gasteiger partial charge in [-0.3, -0.25) is 5.26 Å². The smallest absolute Gasteiger partial charge is 0.191 e. The molecular formula is C12H26O4Si. The minimum Gasteiger partial charge on any atom is -0.417 e. The van der Waals surface area contributed by atoms with Crippen LogP contribution >= 0.6 is 0 Å². The zero-order chi connectivity index (χ0) is 13.7. The number of hydrogen-bond acceptors (Lipinski definition) is 4. The first-order valence-electron chi connectivity index (χ1n) is 5.90. The molecule has 0 rings (SSSR count). The van der Waals surface area contributed by atoms with Crippen molar-refractivity contribution in [3.05, 3.63) is 12.7 Å². The van der Waals surface area contributed by atoms with Crippen LogP contribution in [0.25, 0.3) is 0 Å². The molecule has 0 spiro atoms. The monoisotopic (exact) mass is 262 g/mol. The van der Waals surface area contributed by atoms with Gasteiger partial charge >= 0.3 is 0 Å². The van der Waals surface area contributed by atoms with E-state index in [1.54, 1.807) is 0 Å². The summed E-state index contributed by atoms with van der Waals surface area (Å²) in [5.41, 5.74) is 0. The highest BCUT2D eigenvalue weighted by Crippen LogP contribution is 2.36. The van der Waals surface area contributed by atoms with Crippen LogP contribution in [0.5, 0.6) is 0 Å². The van der Waals surface area contributed by atoms with E-state index < -0.39 is 20.5 Å². The minimum absolute atomic E-state index is 0.156. The van der Waals surface area contributed by atoms with E-state index in [0.717, 1.165) is 0 Å². The Morgan fingerprint density at radius 2 is 1.88 bits per heavy atom. The van der Waals surface area contributed by atoms with Crippen LogP contribution in [0.15, 0.2) is 12.7 Å². The van der Waals surface area contributed by atoms with Crippen LogP contribution in [-0.4, -0.2) is 37.5 Å². The fourth-order valence-electron chi connectivity index (χ4n) is 1.09. The van der Waals surface area contributed by atoms with E-state index in [1.165, 1.54) is 6.08 Å². The van der Waals surface area contributed by atoms with Gasteiger partial charge in [-0.2, -0.15) is 0 Å². The first kappa shape index (κ1) is 16.8. The molecule has 0 aromatic heterocycles. The number of hydrogen-bond donors (Lipinski definition) is 2. The first-order valence-corrected chi connectivity index (χ1v) is 8.81.